The number of aliphatic imine (C=N–C) groups is 1. The van der Waals surface area contributed by atoms with Crippen LogP contribution >= 0.6 is 0 Å². The van der Waals surface area contributed by atoms with E-state index in [0.29, 0.717) is 11.8 Å². The molecule has 0 amide bonds. The summed E-state index contributed by atoms with van der Waals surface area (Å²) in [6.45, 7) is 15.6. The Morgan fingerprint density at radius 1 is 1.14 bits per heavy atom. The number of rotatable bonds is 6. The quantitative estimate of drug-likeness (QED) is 0.496. The Labute approximate surface area is 137 Å². The molecule has 1 rings (SSSR count). The molecule has 0 saturated heterocycles. The highest BCUT2D eigenvalue weighted by atomic mass is 14.7. The van der Waals surface area contributed by atoms with Crippen LogP contribution in [0.2, 0.25) is 0 Å². The van der Waals surface area contributed by atoms with Gasteiger partial charge in [-0.05, 0) is 56.3 Å². The third kappa shape index (κ3) is 5.79. The predicted molar refractivity (Wildman–Crippen MR) is 100 cm³/mol. The Kier molecular flexibility index (Phi) is 7.06. The van der Waals surface area contributed by atoms with E-state index in [1.165, 1.54) is 17.6 Å². The summed E-state index contributed by atoms with van der Waals surface area (Å²) in [7, 11) is 0. The van der Waals surface area contributed by atoms with E-state index in [-0.39, 0.29) is 5.41 Å². The largest absolute Gasteiger partial charge is 0.257 e. The maximum absolute atomic E-state index is 4.71. The van der Waals surface area contributed by atoms with Crippen molar-refractivity contribution >= 4 is 6.21 Å². The Morgan fingerprint density at radius 3 is 2.32 bits per heavy atom. The van der Waals surface area contributed by atoms with E-state index >= 15 is 0 Å². The van der Waals surface area contributed by atoms with Crippen molar-refractivity contribution in [2.45, 2.75) is 61.3 Å². The van der Waals surface area contributed by atoms with Crippen LogP contribution in [0.3, 0.4) is 0 Å². The first kappa shape index (κ1) is 18.7. The van der Waals surface area contributed by atoms with Gasteiger partial charge in [-0.2, -0.15) is 0 Å². The van der Waals surface area contributed by atoms with Crippen LogP contribution in [-0.4, -0.2) is 6.21 Å². The van der Waals surface area contributed by atoms with E-state index in [4.69, 9.17) is 4.99 Å². The molecule has 1 nitrogen and oxygen atoms in total. The standard InChI is InChI=1S/C21H33N/c1-16(2)8-9-19-10-13-21(7,18(5)6)14-11-20(19)22-15-12-17(3)4/h10-16,18H,8-9H2,1-7H3. The maximum atomic E-state index is 4.71. The van der Waals surface area contributed by atoms with E-state index in [2.05, 4.69) is 78.8 Å². The summed E-state index contributed by atoms with van der Waals surface area (Å²) >= 11 is 0. The van der Waals surface area contributed by atoms with E-state index in [9.17, 15) is 0 Å². The lowest BCUT2D eigenvalue weighted by Crippen LogP contribution is -2.17. The van der Waals surface area contributed by atoms with Gasteiger partial charge in [-0.15, -0.1) is 0 Å². The lowest BCUT2D eigenvalue weighted by molar-refractivity contribution is 0.383. The number of allylic oxidation sites excluding steroid dienone is 7. The van der Waals surface area contributed by atoms with Crippen LogP contribution in [-0.2, 0) is 0 Å². The van der Waals surface area contributed by atoms with Crippen molar-refractivity contribution in [3.8, 4) is 0 Å². The molecule has 1 aliphatic carbocycles. The highest BCUT2D eigenvalue weighted by Crippen LogP contribution is 2.35. The Morgan fingerprint density at radius 2 is 1.77 bits per heavy atom. The fourth-order valence-corrected chi connectivity index (χ4v) is 2.22. The third-order valence-corrected chi connectivity index (χ3v) is 4.43. The van der Waals surface area contributed by atoms with Gasteiger partial charge in [0.2, 0.25) is 0 Å². The fraction of sp³-hybridized carbons (Fsp3) is 0.571. The molecule has 1 unspecified atom stereocenters. The van der Waals surface area contributed by atoms with E-state index in [0.717, 1.165) is 12.1 Å². The number of hydrogen-bond acceptors (Lipinski definition) is 1. The smallest absolute Gasteiger partial charge is 0.0658 e. The van der Waals surface area contributed by atoms with Crippen LogP contribution in [0.1, 0.15) is 61.3 Å². The minimum Gasteiger partial charge on any atom is -0.257 e. The molecule has 0 radical (unpaired) electrons. The van der Waals surface area contributed by atoms with Crippen molar-refractivity contribution in [2.75, 3.05) is 0 Å². The second kappa shape index (κ2) is 8.31. The molecular formula is C21H33N. The zero-order valence-electron chi connectivity index (χ0n) is 15.5. The highest BCUT2D eigenvalue weighted by molar-refractivity contribution is 5.73. The summed E-state index contributed by atoms with van der Waals surface area (Å²) in [5, 5.41) is 0. The van der Waals surface area contributed by atoms with Gasteiger partial charge in [-0.3, -0.25) is 4.99 Å². The molecule has 0 fully saturated rings. The average Bonchev–Trinajstić information content (AvgIpc) is 2.57. The predicted octanol–water partition coefficient (Wildman–Crippen LogP) is 6.50. The van der Waals surface area contributed by atoms with Crippen LogP contribution in [0.5, 0.6) is 0 Å². The molecule has 0 aromatic heterocycles. The van der Waals surface area contributed by atoms with Gasteiger partial charge in [-0.1, -0.05) is 58.4 Å². The van der Waals surface area contributed by atoms with Gasteiger partial charge in [-0.25, -0.2) is 0 Å². The van der Waals surface area contributed by atoms with Crippen molar-refractivity contribution < 1.29 is 0 Å². The second-order valence-electron chi connectivity index (χ2n) is 7.55. The summed E-state index contributed by atoms with van der Waals surface area (Å²) < 4.78 is 0. The first-order valence-electron chi connectivity index (χ1n) is 8.54. The molecule has 1 heteroatoms. The summed E-state index contributed by atoms with van der Waals surface area (Å²) in [4.78, 5) is 4.71. The monoisotopic (exact) mass is 299 g/mol. The molecule has 0 aromatic rings. The molecule has 22 heavy (non-hydrogen) atoms. The summed E-state index contributed by atoms with van der Waals surface area (Å²) in [6.07, 6.45) is 15.5. The molecular weight excluding hydrogens is 266 g/mol. The molecule has 0 spiro atoms. The van der Waals surface area contributed by atoms with Crippen molar-refractivity contribution in [3.63, 3.8) is 0 Å². The molecule has 1 atom stereocenters. The van der Waals surface area contributed by atoms with Gasteiger partial charge in [0.25, 0.3) is 0 Å². The van der Waals surface area contributed by atoms with Gasteiger partial charge in [0, 0.05) is 11.6 Å². The van der Waals surface area contributed by atoms with Crippen LogP contribution in [0.25, 0.3) is 0 Å². The molecule has 0 N–H and O–H groups in total. The Balaban J connectivity index is 3.11. The van der Waals surface area contributed by atoms with Crippen LogP contribution in [0, 0.1) is 17.3 Å². The molecule has 1 aliphatic rings. The van der Waals surface area contributed by atoms with Crippen molar-refractivity contribution in [2.24, 2.45) is 22.2 Å². The van der Waals surface area contributed by atoms with Gasteiger partial charge < -0.3 is 0 Å². The van der Waals surface area contributed by atoms with Gasteiger partial charge in [0.15, 0.2) is 0 Å². The van der Waals surface area contributed by atoms with Crippen LogP contribution in [0.4, 0.5) is 0 Å². The van der Waals surface area contributed by atoms with Crippen LogP contribution in [0.15, 0.2) is 52.2 Å². The molecule has 0 heterocycles. The molecule has 0 bridgehead atoms. The van der Waals surface area contributed by atoms with Crippen molar-refractivity contribution in [1.82, 2.24) is 0 Å². The van der Waals surface area contributed by atoms with Gasteiger partial charge >= 0.3 is 0 Å². The zero-order valence-corrected chi connectivity index (χ0v) is 15.5. The van der Waals surface area contributed by atoms with Crippen molar-refractivity contribution in [3.05, 3.63) is 47.2 Å². The fourth-order valence-electron chi connectivity index (χ4n) is 2.22. The molecule has 0 aromatic carbocycles. The Hall–Kier alpha value is -1.37. The van der Waals surface area contributed by atoms with Crippen molar-refractivity contribution in [1.29, 1.82) is 0 Å². The third-order valence-electron chi connectivity index (χ3n) is 4.43. The minimum atomic E-state index is 0.108. The first-order valence-corrected chi connectivity index (χ1v) is 8.54. The van der Waals surface area contributed by atoms with Crippen LogP contribution < -0.4 is 0 Å². The van der Waals surface area contributed by atoms with Gasteiger partial charge in [0.1, 0.15) is 0 Å². The lowest BCUT2D eigenvalue weighted by atomic mass is 9.79. The van der Waals surface area contributed by atoms with Gasteiger partial charge in [0.05, 0.1) is 5.70 Å². The number of hydrogen-bond donors (Lipinski definition) is 0. The molecule has 0 saturated carbocycles. The maximum Gasteiger partial charge on any atom is 0.0658 e. The Bertz CT molecular complexity index is 508. The molecule has 122 valence electrons. The molecule has 0 aliphatic heterocycles. The summed E-state index contributed by atoms with van der Waals surface area (Å²) in [5.74, 6) is 1.29. The minimum absolute atomic E-state index is 0.108. The topological polar surface area (TPSA) is 12.4 Å². The lowest BCUT2D eigenvalue weighted by Gasteiger charge is -2.26. The van der Waals surface area contributed by atoms with E-state index < -0.39 is 0 Å². The highest BCUT2D eigenvalue weighted by Gasteiger charge is 2.23. The number of nitrogens with zero attached hydrogens (tertiary/aromatic N) is 1. The SMILES string of the molecule is CC(C)=CC=NC1=C(CCC(C)C)C=CC(C)(C(C)C)C=C1. The normalized spacial score (nSPS) is 22.0. The van der Waals surface area contributed by atoms with E-state index in [1.807, 2.05) is 6.21 Å². The zero-order chi connectivity index (χ0) is 16.8. The average molecular weight is 300 g/mol. The second-order valence-corrected chi connectivity index (χ2v) is 7.55. The first-order chi connectivity index (χ1) is 10.2. The summed E-state index contributed by atoms with van der Waals surface area (Å²) in [5.41, 5.74) is 3.84. The summed E-state index contributed by atoms with van der Waals surface area (Å²) in [6, 6.07) is 0. The van der Waals surface area contributed by atoms with E-state index in [1.54, 1.807) is 0 Å².